The molecular weight excluding hydrogens is 413 g/mol. The van der Waals surface area contributed by atoms with Gasteiger partial charge in [0.25, 0.3) is 5.56 Å². The molecule has 0 aliphatic carbocycles. The van der Waals surface area contributed by atoms with Crippen molar-refractivity contribution >= 4 is 5.91 Å². The smallest absolute Gasteiger partial charge is 0.251 e. The SMILES string of the molecule is O=C(CCCOc1cccc(F)c1)N1CCC(c2cc(=O)[nH]c(-c3cnccn3)n2)CC1. The minimum atomic E-state index is -0.347. The lowest BCUT2D eigenvalue weighted by molar-refractivity contribution is -0.132. The molecule has 8 nitrogen and oxygen atoms in total. The molecular formula is C23H24FN5O3. The van der Waals surface area contributed by atoms with Crippen LogP contribution in [0.25, 0.3) is 11.5 Å². The quantitative estimate of drug-likeness (QED) is 0.571. The number of carbonyl (C=O) groups excluding carboxylic acids is 1. The first kappa shape index (κ1) is 21.6. The zero-order chi connectivity index (χ0) is 22.3. The zero-order valence-corrected chi connectivity index (χ0v) is 17.5. The number of benzene rings is 1. The Morgan fingerprint density at radius 3 is 2.81 bits per heavy atom. The number of ether oxygens (including phenoxy) is 1. The second kappa shape index (κ2) is 10.1. The molecule has 3 heterocycles. The van der Waals surface area contributed by atoms with Crippen molar-refractivity contribution in [1.29, 1.82) is 0 Å². The topological polar surface area (TPSA) is 101 Å². The number of rotatable bonds is 7. The number of piperidine rings is 1. The molecule has 1 aromatic carbocycles. The van der Waals surface area contributed by atoms with E-state index < -0.39 is 0 Å². The third-order valence-corrected chi connectivity index (χ3v) is 5.43. The van der Waals surface area contributed by atoms with Crippen molar-refractivity contribution in [2.75, 3.05) is 19.7 Å². The van der Waals surface area contributed by atoms with Gasteiger partial charge in [0.15, 0.2) is 5.82 Å². The highest BCUT2D eigenvalue weighted by atomic mass is 19.1. The minimum Gasteiger partial charge on any atom is -0.493 e. The highest BCUT2D eigenvalue weighted by Crippen LogP contribution is 2.27. The second-order valence-electron chi connectivity index (χ2n) is 7.67. The highest BCUT2D eigenvalue weighted by molar-refractivity contribution is 5.76. The van der Waals surface area contributed by atoms with Crippen LogP contribution in [0.1, 0.15) is 37.3 Å². The highest BCUT2D eigenvalue weighted by Gasteiger charge is 2.25. The summed E-state index contributed by atoms with van der Waals surface area (Å²) in [5.74, 6) is 0.695. The number of nitrogens with one attached hydrogen (secondary N) is 1. The third kappa shape index (κ3) is 5.54. The molecule has 9 heteroatoms. The number of aromatic amines is 1. The van der Waals surface area contributed by atoms with Gasteiger partial charge >= 0.3 is 0 Å². The summed E-state index contributed by atoms with van der Waals surface area (Å²) in [5.41, 5.74) is 0.997. The molecule has 0 bridgehead atoms. The van der Waals surface area contributed by atoms with Gasteiger partial charge in [-0.1, -0.05) is 6.07 Å². The number of aromatic nitrogens is 4. The molecule has 4 rings (SSSR count). The molecule has 0 unspecified atom stereocenters. The number of halogens is 1. The van der Waals surface area contributed by atoms with Crippen molar-refractivity contribution in [2.45, 2.75) is 31.6 Å². The van der Waals surface area contributed by atoms with Gasteiger partial charge < -0.3 is 14.6 Å². The van der Waals surface area contributed by atoms with Crippen molar-refractivity contribution in [3.8, 4) is 17.3 Å². The standard InChI is InChI=1S/C23H24FN5O3/c24-17-3-1-4-18(13-17)32-12-2-5-22(31)29-10-6-16(7-11-29)19-14-21(30)28-23(27-19)20-15-25-8-9-26-20/h1,3-4,8-9,13-16H,2,5-7,10-12H2,(H,27,28,30). The minimum absolute atomic E-state index is 0.0745. The Morgan fingerprint density at radius 1 is 1.22 bits per heavy atom. The van der Waals surface area contributed by atoms with Gasteiger partial charge in [0.05, 0.1) is 18.5 Å². The van der Waals surface area contributed by atoms with Gasteiger partial charge in [-0.25, -0.2) is 14.4 Å². The van der Waals surface area contributed by atoms with Crippen molar-refractivity contribution < 1.29 is 13.9 Å². The summed E-state index contributed by atoms with van der Waals surface area (Å²) in [4.78, 5) is 42.0. The maximum atomic E-state index is 13.2. The number of carbonyl (C=O) groups is 1. The van der Waals surface area contributed by atoms with Crippen LogP contribution in [0, 0.1) is 5.82 Å². The first-order valence-electron chi connectivity index (χ1n) is 10.6. The van der Waals surface area contributed by atoms with Crippen LogP contribution >= 0.6 is 0 Å². The Kier molecular flexibility index (Phi) is 6.84. The van der Waals surface area contributed by atoms with Crippen LogP contribution in [0.4, 0.5) is 4.39 Å². The molecule has 166 valence electrons. The molecule has 1 aliphatic heterocycles. The molecule has 2 aromatic heterocycles. The van der Waals surface area contributed by atoms with E-state index in [-0.39, 0.29) is 23.2 Å². The maximum absolute atomic E-state index is 13.2. The lowest BCUT2D eigenvalue weighted by Crippen LogP contribution is -2.38. The maximum Gasteiger partial charge on any atom is 0.251 e. The summed E-state index contributed by atoms with van der Waals surface area (Å²) in [6.45, 7) is 1.58. The summed E-state index contributed by atoms with van der Waals surface area (Å²) in [5, 5.41) is 0. The van der Waals surface area contributed by atoms with E-state index in [1.807, 2.05) is 4.90 Å². The predicted octanol–water partition coefficient (Wildman–Crippen LogP) is 2.93. The van der Waals surface area contributed by atoms with E-state index in [0.717, 1.165) is 12.8 Å². The number of amides is 1. The van der Waals surface area contributed by atoms with Crippen LogP contribution in [-0.4, -0.2) is 50.4 Å². The average molecular weight is 437 g/mol. The van der Waals surface area contributed by atoms with E-state index >= 15 is 0 Å². The fourth-order valence-corrected chi connectivity index (χ4v) is 3.78. The number of hydrogen-bond acceptors (Lipinski definition) is 6. The van der Waals surface area contributed by atoms with E-state index in [9.17, 15) is 14.0 Å². The molecule has 0 spiro atoms. The van der Waals surface area contributed by atoms with Gasteiger partial charge in [0, 0.05) is 50.0 Å². The number of nitrogens with zero attached hydrogens (tertiary/aromatic N) is 4. The van der Waals surface area contributed by atoms with Gasteiger partial charge in [-0.05, 0) is 31.4 Å². The average Bonchev–Trinajstić information content (AvgIpc) is 2.82. The number of H-pyrrole nitrogens is 1. The molecule has 32 heavy (non-hydrogen) atoms. The lowest BCUT2D eigenvalue weighted by Gasteiger charge is -2.31. The summed E-state index contributed by atoms with van der Waals surface area (Å²) in [6, 6.07) is 7.48. The van der Waals surface area contributed by atoms with Gasteiger partial charge in [0.2, 0.25) is 5.91 Å². The van der Waals surface area contributed by atoms with Crippen LogP contribution < -0.4 is 10.3 Å². The van der Waals surface area contributed by atoms with E-state index in [1.54, 1.807) is 30.7 Å². The molecule has 1 saturated heterocycles. The third-order valence-electron chi connectivity index (χ3n) is 5.43. The fraction of sp³-hybridized carbons (Fsp3) is 0.348. The van der Waals surface area contributed by atoms with Crippen molar-refractivity contribution in [1.82, 2.24) is 24.8 Å². The molecule has 1 fully saturated rings. The summed E-state index contributed by atoms with van der Waals surface area (Å²) in [6.07, 6.45) is 7.08. The number of hydrogen-bond donors (Lipinski definition) is 1. The lowest BCUT2D eigenvalue weighted by atomic mass is 9.93. The fourth-order valence-electron chi connectivity index (χ4n) is 3.78. The van der Waals surface area contributed by atoms with Gasteiger partial charge in [-0.3, -0.25) is 14.6 Å². The second-order valence-corrected chi connectivity index (χ2v) is 7.67. The molecule has 0 atom stereocenters. The summed E-state index contributed by atoms with van der Waals surface area (Å²) >= 11 is 0. The van der Waals surface area contributed by atoms with E-state index in [0.29, 0.717) is 55.5 Å². The Morgan fingerprint density at radius 2 is 2.06 bits per heavy atom. The zero-order valence-electron chi connectivity index (χ0n) is 17.5. The van der Waals surface area contributed by atoms with Crippen LogP contribution in [0.3, 0.4) is 0 Å². The number of likely N-dealkylation sites (tertiary alicyclic amines) is 1. The monoisotopic (exact) mass is 437 g/mol. The Balaban J connectivity index is 1.27. The van der Waals surface area contributed by atoms with Crippen molar-refractivity contribution in [3.05, 3.63) is 70.8 Å². The molecule has 0 saturated carbocycles. The van der Waals surface area contributed by atoms with E-state index in [2.05, 4.69) is 19.9 Å². The first-order chi connectivity index (χ1) is 15.6. The first-order valence-corrected chi connectivity index (χ1v) is 10.6. The Bertz CT molecular complexity index is 1110. The normalized spacial score (nSPS) is 14.3. The molecule has 1 N–H and O–H groups in total. The van der Waals surface area contributed by atoms with Crippen LogP contribution in [-0.2, 0) is 4.79 Å². The van der Waals surface area contributed by atoms with Gasteiger partial charge in [-0.15, -0.1) is 0 Å². The summed E-state index contributed by atoms with van der Waals surface area (Å²) < 4.78 is 18.7. The predicted molar refractivity (Wildman–Crippen MR) is 116 cm³/mol. The van der Waals surface area contributed by atoms with Crippen LogP contribution in [0.5, 0.6) is 5.75 Å². The largest absolute Gasteiger partial charge is 0.493 e. The molecule has 1 amide bonds. The molecule has 1 aliphatic rings. The Hall–Kier alpha value is -3.62. The van der Waals surface area contributed by atoms with Crippen LogP contribution in [0.15, 0.2) is 53.7 Å². The van der Waals surface area contributed by atoms with E-state index in [4.69, 9.17) is 4.74 Å². The summed E-state index contributed by atoms with van der Waals surface area (Å²) in [7, 11) is 0. The van der Waals surface area contributed by atoms with Gasteiger partial charge in [-0.2, -0.15) is 0 Å². The molecule has 0 radical (unpaired) electrons. The molecule has 3 aromatic rings. The van der Waals surface area contributed by atoms with E-state index in [1.165, 1.54) is 18.2 Å². The van der Waals surface area contributed by atoms with Crippen molar-refractivity contribution in [3.63, 3.8) is 0 Å². The van der Waals surface area contributed by atoms with Crippen LogP contribution in [0.2, 0.25) is 0 Å². The van der Waals surface area contributed by atoms with Crippen molar-refractivity contribution in [2.24, 2.45) is 0 Å². The van der Waals surface area contributed by atoms with Gasteiger partial charge in [0.1, 0.15) is 17.3 Å². The Labute approximate surface area is 184 Å².